The quantitative estimate of drug-likeness (QED) is 0.569. The van der Waals surface area contributed by atoms with Crippen LogP contribution in [-0.2, 0) is 4.79 Å². The van der Waals surface area contributed by atoms with Crippen LogP contribution in [0, 0.1) is 6.92 Å². The zero-order chi connectivity index (χ0) is 16.0. The predicted octanol–water partition coefficient (Wildman–Crippen LogP) is 1.07. The first-order valence-electron chi connectivity index (χ1n) is 6.14. The van der Waals surface area contributed by atoms with Gasteiger partial charge in [0.2, 0.25) is 6.41 Å². The van der Waals surface area contributed by atoms with Crippen LogP contribution in [0.3, 0.4) is 0 Å². The van der Waals surface area contributed by atoms with E-state index in [9.17, 15) is 14.7 Å². The predicted molar refractivity (Wildman–Crippen MR) is 79.7 cm³/mol. The van der Waals surface area contributed by atoms with Crippen molar-refractivity contribution in [3.63, 3.8) is 0 Å². The Morgan fingerprint density at radius 1 is 1.48 bits per heavy atom. The first-order valence-corrected chi connectivity index (χ1v) is 6.14. The number of hydrogen-bond donors (Lipinski definition) is 3. The van der Waals surface area contributed by atoms with Gasteiger partial charge in [-0.25, -0.2) is 4.79 Å². The number of nitrogens with one attached hydrogen (secondary N) is 1. The van der Waals surface area contributed by atoms with Crippen molar-refractivity contribution >= 4 is 18.7 Å². The van der Waals surface area contributed by atoms with Crippen molar-refractivity contribution in [1.82, 2.24) is 10.2 Å². The van der Waals surface area contributed by atoms with Gasteiger partial charge in [0, 0.05) is 18.8 Å². The average molecular weight is 290 g/mol. The summed E-state index contributed by atoms with van der Waals surface area (Å²) in [4.78, 5) is 26.8. The number of amides is 3. The number of carbonyl (C=O) groups excluding carboxylic acids is 2. The fourth-order valence-corrected chi connectivity index (χ4v) is 1.51. The molecule has 0 spiro atoms. The Morgan fingerprint density at radius 2 is 2.14 bits per heavy atom. The number of aromatic hydroxyl groups is 1. The number of imide groups is 1. The summed E-state index contributed by atoms with van der Waals surface area (Å²) in [6.45, 7) is 3.51. The summed E-state index contributed by atoms with van der Waals surface area (Å²) in [6, 6.07) is 4.46. The number of carbonyl (C=O) groups is 2. The molecule has 0 aromatic heterocycles. The monoisotopic (exact) mass is 290 g/mol. The van der Waals surface area contributed by atoms with Gasteiger partial charge in [-0.2, -0.15) is 0 Å². The molecule has 1 aromatic carbocycles. The van der Waals surface area contributed by atoms with E-state index in [4.69, 9.17) is 5.73 Å². The molecule has 0 aliphatic carbocycles. The van der Waals surface area contributed by atoms with Gasteiger partial charge in [-0.15, -0.1) is 0 Å². The Morgan fingerprint density at radius 3 is 2.76 bits per heavy atom. The van der Waals surface area contributed by atoms with E-state index in [2.05, 4.69) is 4.99 Å². The third-order valence-corrected chi connectivity index (χ3v) is 2.80. The lowest BCUT2D eigenvalue weighted by atomic mass is 10.1. The number of allylic oxidation sites excluding steroid dienone is 1. The summed E-state index contributed by atoms with van der Waals surface area (Å²) in [5.41, 5.74) is 7.67. The molecule has 112 valence electrons. The van der Waals surface area contributed by atoms with E-state index in [-0.39, 0.29) is 18.0 Å². The van der Waals surface area contributed by atoms with Gasteiger partial charge in [0.1, 0.15) is 11.6 Å². The Balaban J connectivity index is 2.96. The lowest BCUT2D eigenvalue weighted by molar-refractivity contribution is -0.108. The fourth-order valence-electron chi connectivity index (χ4n) is 1.51. The number of urea groups is 1. The molecule has 1 aromatic rings. The second-order valence-corrected chi connectivity index (χ2v) is 4.42. The van der Waals surface area contributed by atoms with Gasteiger partial charge < -0.3 is 10.8 Å². The summed E-state index contributed by atoms with van der Waals surface area (Å²) in [5, 5.41) is 11.7. The second-order valence-electron chi connectivity index (χ2n) is 4.42. The first kappa shape index (κ1) is 16.2. The van der Waals surface area contributed by atoms with E-state index < -0.39 is 6.03 Å². The van der Waals surface area contributed by atoms with E-state index >= 15 is 0 Å². The van der Waals surface area contributed by atoms with E-state index in [1.165, 1.54) is 13.3 Å². The maximum absolute atomic E-state index is 11.4. The molecule has 0 bridgehead atoms. The SMILES string of the molecule is CC(/N=C/c1cc(C)ccc1O)=C(/N)N(C)C(=O)NC=O. The van der Waals surface area contributed by atoms with Crippen LogP contribution in [0.2, 0.25) is 0 Å². The van der Waals surface area contributed by atoms with Crippen molar-refractivity contribution in [3.05, 3.63) is 40.8 Å². The van der Waals surface area contributed by atoms with Gasteiger partial charge in [0.05, 0.1) is 5.70 Å². The highest BCUT2D eigenvalue weighted by atomic mass is 16.3. The number of benzene rings is 1. The van der Waals surface area contributed by atoms with Gasteiger partial charge in [-0.1, -0.05) is 11.6 Å². The van der Waals surface area contributed by atoms with Gasteiger partial charge in [0.15, 0.2) is 0 Å². The summed E-state index contributed by atoms with van der Waals surface area (Å²) in [6.07, 6.45) is 1.73. The topological polar surface area (TPSA) is 108 Å². The fraction of sp³-hybridized carbons (Fsp3) is 0.214. The molecule has 1 rings (SSSR count). The van der Waals surface area contributed by atoms with Crippen LogP contribution >= 0.6 is 0 Å². The maximum atomic E-state index is 11.4. The molecule has 0 aliphatic rings. The molecule has 3 amide bonds. The van der Waals surface area contributed by atoms with Gasteiger partial charge in [0.25, 0.3) is 0 Å². The Labute approximate surface area is 122 Å². The van der Waals surface area contributed by atoms with Crippen LogP contribution in [0.15, 0.2) is 34.7 Å². The molecule has 21 heavy (non-hydrogen) atoms. The number of rotatable bonds is 4. The summed E-state index contributed by atoms with van der Waals surface area (Å²) in [7, 11) is 1.41. The van der Waals surface area contributed by atoms with Crippen molar-refractivity contribution < 1.29 is 14.7 Å². The van der Waals surface area contributed by atoms with Crippen molar-refractivity contribution in [3.8, 4) is 5.75 Å². The number of phenolic OH excluding ortho intramolecular Hbond substituents is 1. The molecule has 7 nitrogen and oxygen atoms in total. The van der Waals surface area contributed by atoms with Gasteiger partial charge >= 0.3 is 6.03 Å². The summed E-state index contributed by atoms with van der Waals surface area (Å²) < 4.78 is 0. The zero-order valence-electron chi connectivity index (χ0n) is 12.1. The average Bonchev–Trinajstić information content (AvgIpc) is 2.46. The number of nitrogens with two attached hydrogens (primary N) is 1. The maximum Gasteiger partial charge on any atom is 0.329 e. The Bertz CT molecular complexity index is 608. The summed E-state index contributed by atoms with van der Waals surface area (Å²) in [5.74, 6) is 0.195. The number of hydrogen-bond acceptors (Lipinski definition) is 5. The molecule has 0 radical (unpaired) electrons. The van der Waals surface area contributed by atoms with Crippen LogP contribution in [0.1, 0.15) is 18.1 Å². The normalized spacial score (nSPS) is 12.0. The number of nitrogens with zero attached hydrogens (tertiary/aromatic N) is 2. The highest BCUT2D eigenvalue weighted by Crippen LogP contribution is 2.16. The lowest BCUT2D eigenvalue weighted by Crippen LogP contribution is -2.38. The molecule has 0 heterocycles. The first-order chi connectivity index (χ1) is 9.86. The number of aliphatic imine (C=N–C) groups is 1. The molecular weight excluding hydrogens is 272 g/mol. The largest absolute Gasteiger partial charge is 0.507 e. The van der Waals surface area contributed by atoms with Crippen molar-refractivity contribution in [2.45, 2.75) is 13.8 Å². The van der Waals surface area contributed by atoms with Crippen LogP contribution in [0.4, 0.5) is 4.79 Å². The minimum atomic E-state index is -0.657. The van der Waals surface area contributed by atoms with Crippen molar-refractivity contribution in [2.24, 2.45) is 10.7 Å². The van der Waals surface area contributed by atoms with Crippen molar-refractivity contribution in [2.75, 3.05) is 7.05 Å². The van der Waals surface area contributed by atoms with Crippen LogP contribution in [0.5, 0.6) is 5.75 Å². The van der Waals surface area contributed by atoms with Crippen LogP contribution in [-0.4, -0.2) is 35.7 Å². The molecular formula is C14H18N4O3. The third kappa shape index (κ3) is 4.34. The van der Waals surface area contributed by atoms with E-state index in [0.717, 1.165) is 10.5 Å². The highest BCUT2D eigenvalue weighted by molar-refractivity contribution is 5.86. The Hall–Kier alpha value is -2.83. The lowest BCUT2D eigenvalue weighted by Gasteiger charge is -2.17. The highest BCUT2D eigenvalue weighted by Gasteiger charge is 2.11. The van der Waals surface area contributed by atoms with Gasteiger partial charge in [-0.05, 0) is 26.0 Å². The van der Waals surface area contributed by atoms with E-state index in [1.807, 2.05) is 12.2 Å². The molecule has 0 fully saturated rings. The van der Waals surface area contributed by atoms with Crippen molar-refractivity contribution in [1.29, 1.82) is 0 Å². The minimum Gasteiger partial charge on any atom is -0.507 e. The molecule has 0 aliphatic heterocycles. The molecule has 0 saturated carbocycles. The molecule has 0 unspecified atom stereocenters. The van der Waals surface area contributed by atoms with E-state index in [0.29, 0.717) is 11.3 Å². The molecule has 4 N–H and O–H groups in total. The second kappa shape index (κ2) is 7.09. The van der Waals surface area contributed by atoms with Crippen LogP contribution < -0.4 is 11.1 Å². The molecule has 0 atom stereocenters. The third-order valence-electron chi connectivity index (χ3n) is 2.80. The summed E-state index contributed by atoms with van der Waals surface area (Å²) >= 11 is 0. The standard InChI is InChI=1S/C14H18N4O3/c1-9-4-5-12(20)11(6-9)7-16-10(2)13(15)18(3)14(21)17-8-19/h4-8,20H,15H2,1-3H3,(H,17,19,21)/b13-10+,16-7+. The number of phenols is 1. The zero-order valence-corrected chi connectivity index (χ0v) is 12.1. The molecule has 7 heteroatoms. The van der Waals surface area contributed by atoms with Gasteiger partial charge in [-0.3, -0.25) is 20.0 Å². The minimum absolute atomic E-state index is 0.0951. The molecule has 0 saturated heterocycles. The number of aryl methyl sites for hydroxylation is 1. The van der Waals surface area contributed by atoms with E-state index in [1.54, 1.807) is 25.1 Å². The van der Waals surface area contributed by atoms with Crippen LogP contribution in [0.25, 0.3) is 0 Å². The Kier molecular flexibility index (Phi) is 5.48. The smallest absolute Gasteiger partial charge is 0.329 e.